The van der Waals surface area contributed by atoms with Gasteiger partial charge in [0, 0.05) is 12.6 Å². The molecule has 1 rings (SSSR count). The summed E-state index contributed by atoms with van der Waals surface area (Å²) in [4.78, 5) is 2.34. The smallest absolute Gasteiger partial charge is 0.211 e. The first-order valence-corrected chi connectivity index (χ1v) is 8.12. The maximum Gasteiger partial charge on any atom is 0.211 e. The number of nitrogens with zero attached hydrogens (tertiary/aromatic N) is 1. The second kappa shape index (κ2) is 7.31. The van der Waals surface area contributed by atoms with Gasteiger partial charge in [0.1, 0.15) is 0 Å². The van der Waals surface area contributed by atoms with Crippen LogP contribution in [0.1, 0.15) is 32.6 Å². The average molecular weight is 263 g/mol. The zero-order valence-corrected chi connectivity index (χ0v) is 11.5. The summed E-state index contributed by atoms with van der Waals surface area (Å²) < 4.78 is 26.0. The molecule has 102 valence electrons. The molecule has 17 heavy (non-hydrogen) atoms. The van der Waals surface area contributed by atoms with Gasteiger partial charge < -0.3 is 5.73 Å². The average Bonchev–Trinajstić information content (AvgIpc) is 2.80. The number of nitrogens with one attached hydrogen (secondary N) is 1. The Morgan fingerprint density at radius 3 is 2.53 bits per heavy atom. The van der Waals surface area contributed by atoms with Crippen LogP contribution in [-0.2, 0) is 10.0 Å². The van der Waals surface area contributed by atoms with E-state index in [1.54, 1.807) is 0 Å². The Bertz CT molecular complexity index is 300. The molecule has 1 aliphatic heterocycles. The van der Waals surface area contributed by atoms with Crippen molar-refractivity contribution in [2.24, 2.45) is 5.73 Å². The summed E-state index contributed by atoms with van der Waals surface area (Å²) in [6.45, 7) is 5.34. The van der Waals surface area contributed by atoms with Gasteiger partial charge in [-0.25, -0.2) is 13.1 Å². The second-order valence-electron chi connectivity index (χ2n) is 4.76. The summed E-state index contributed by atoms with van der Waals surface area (Å²) in [6.07, 6.45) is 3.87. The highest BCUT2D eigenvalue weighted by molar-refractivity contribution is 7.89. The molecule has 1 heterocycles. The number of likely N-dealkylation sites (tertiary alicyclic amines) is 1. The van der Waals surface area contributed by atoms with E-state index in [-0.39, 0.29) is 5.75 Å². The largest absolute Gasteiger partial charge is 0.330 e. The summed E-state index contributed by atoms with van der Waals surface area (Å²) in [7, 11) is -3.11. The Morgan fingerprint density at radius 2 is 1.94 bits per heavy atom. The molecule has 6 heteroatoms. The zero-order valence-electron chi connectivity index (χ0n) is 10.7. The zero-order chi connectivity index (χ0) is 12.7. The predicted molar refractivity (Wildman–Crippen MR) is 70.3 cm³/mol. The van der Waals surface area contributed by atoms with Gasteiger partial charge in [0.15, 0.2) is 0 Å². The van der Waals surface area contributed by atoms with Crippen molar-refractivity contribution in [1.82, 2.24) is 9.62 Å². The van der Waals surface area contributed by atoms with Crippen molar-refractivity contribution in [3.63, 3.8) is 0 Å². The molecule has 1 unspecified atom stereocenters. The van der Waals surface area contributed by atoms with Crippen LogP contribution in [0.3, 0.4) is 0 Å². The summed E-state index contributed by atoms with van der Waals surface area (Å²) in [5, 5.41) is 0. The first-order chi connectivity index (χ1) is 8.05. The molecule has 1 aliphatic rings. The fraction of sp³-hybridized carbons (Fsp3) is 1.00. The topological polar surface area (TPSA) is 75.4 Å². The van der Waals surface area contributed by atoms with Crippen LogP contribution >= 0.6 is 0 Å². The fourth-order valence-electron chi connectivity index (χ4n) is 2.07. The summed E-state index contributed by atoms with van der Waals surface area (Å²) in [5.74, 6) is 0.191. The van der Waals surface area contributed by atoms with Crippen LogP contribution in [0.4, 0.5) is 0 Å². The van der Waals surface area contributed by atoms with E-state index in [2.05, 4.69) is 16.5 Å². The molecule has 0 spiro atoms. The van der Waals surface area contributed by atoms with Gasteiger partial charge in [0.05, 0.1) is 5.75 Å². The molecule has 0 saturated carbocycles. The molecule has 0 bridgehead atoms. The van der Waals surface area contributed by atoms with Crippen molar-refractivity contribution in [2.45, 2.75) is 38.6 Å². The Kier molecular flexibility index (Phi) is 6.40. The molecule has 3 N–H and O–H groups in total. The van der Waals surface area contributed by atoms with Crippen LogP contribution in [-0.4, -0.2) is 51.3 Å². The predicted octanol–water partition coefficient (Wildman–Crippen LogP) is 0.129. The maximum absolute atomic E-state index is 11.7. The van der Waals surface area contributed by atoms with Crippen molar-refractivity contribution in [2.75, 3.05) is 31.9 Å². The molecule has 0 aromatic rings. The maximum atomic E-state index is 11.7. The van der Waals surface area contributed by atoms with Crippen LogP contribution in [0, 0.1) is 0 Å². The number of sulfonamides is 1. The van der Waals surface area contributed by atoms with Gasteiger partial charge in [0.2, 0.25) is 10.0 Å². The van der Waals surface area contributed by atoms with Crippen molar-refractivity contribution < 1.29 is 8.42 Å². The first kappa shape index (κ1) is 14.9. The van der Waals surface area contributed by atoms with Crippen molar-refractivity contribution in [1.29, 1.82) is 0 Å². The highest BCUT2D eigenvalue weighted by Crippen LogP contribution is 2.10. The number of hydrogen-bond acceptors (Lipinski definition) is 4. The summed E-state index contributed by atoms with van der Waals surface area (Å²) in [6, 6.07) is 0.293. The molecule has 1 saturated heterocycles. The van der Waals surface area contributed by atoms with Gasteiger partial charge in [-0.15, -0.1) is 0 Å². The highest BCUT2D eigenvalue weighted by Gasteiger charge is 2.19. The minimum atomic E-state index is -3.11. The molecule has 0 radical (unpaired) electrons. The Hall–Kier alpha value is -0.170. The van der Waals surface area contributed by atoms with E-state index in [9.17, 15) is 8.42 Å². The number of nitrogens with two attached hydrogens (primary N) is 1. The fourth-order valence-corrected chi connectivity index (χ4v) is 3.29. The molecule has 1 fully saturated rings. The Morgan fingerprint density at radius 1 is 1.29 bits per heavy atom. The Labute approximate surface area is 105 Å². The second-order valence-corrected chi connectivity index (χ2v) is 6.68. The number of unbranched alkanes of at least 4 members (excludes halogenated alkanes) is 1. The molecule has 0 amide bonds. The van der Waals surface area contributed by atoms with Gasteiger partial charge in [0.25, 0.3) is 0 Å². The van der Waals surface area contributed by atoms with E-state index in [0.717, 1.165) is 19.5 Å². The van der Waals surface area contributed by atoms with Crippen LogP contribution in [0.25, 0.3) is 0 Å². The van der Waals surface area contributed by atoms with E-state index < -0.39 is 10.0 Å². The van der Waals surface area contributed by atoms with Gasteiger partial charge in [-0.3, -0.25) is 4.90 Å². The lowest BCUT2D eigenvalue weighted by Crippen LogP contribution is -2.41. The van der Waals surface area contributed by atoms with Crippen molar-refractivity contribution in [3.8, 4) is 0 Å². The monoisotopic (exact) mass is 263 g/mol. The molecular formula is C11H25N3O2S. The number of rotatable bonds is 8. The first-order valence-electron chi connectivity index (χ1n) is 6.46. The minimum absolute atomic E-state index is 0.191. The third kappa shape index (κ3) is 5.81. The van der Waals surface area contributed by atoms with Crippen LogP contribution < -0.4 is 10.5 Å². The highest BCUT2D eigenvalue weighted by atomic mass is 32.2. The van der Waals surface area contributed by atoms with Gasteiger partial charge in [-0.05, 0) is 52.2 Å². The normalized spacial score (nSPS) is 19.6. The summed E-state index contributed by atoms with van der Waals surface area (Å²) in [5.41, 5.74) is 5.34. The minimum Gasteiger partial charge on any atom is -0.330 e. The SMILES string of the molecule is CC(CNS(=O)(=O)CCCCN)N1CCCC1. The van der Waals surface area contributed by atoms with Crippen LogP contribution in [0.2, 0.25) is 0 Å². The Balaban J connectivity index is 2.23. The quantitative estimate of drug-likeness (QED) is 0.610. The summed E-state index contributed by atoms with van der Waals surface area (Å²) >= 11 is 0. The van der Waals surface area contributed by atoms with E-state index in [0.29, 0.717) is 25.6 Å². The van der Waals surface area contributed by atoms with E-state index in [1.807, 2.05) is 0 Å². The lowest BCUT2D eigenvalue weighted by atomic mass is 10.3. The van der Waals surface area contributed by atoms with Crippen molar-refractivity contribution >= 4 is 10.0 Å². The van der Waals surface area contributed by atoms with Gasteiger partial charge >= 0.3 is 0 Å². The third-order valence-electron chi connectivity index (χ3n) is 3.23. The lowest BCUT2D eigenvalue weighted by Gasteiger charge is -2.23. The third-order valence-corrected chi connectivity index (χ3v) is 4.66. The van der Waals surface area contributed by atoms with Gasteiger partial charge in [-0.1, -0.05) is 0 Å². The number of hydrogen-bond donors (Lipinski definition) is 2. The van der Waals surface area contributed by atoms with E-state index in [4.69, 9.17) is 5.73 Å². The molecular weight excluding hydrogens is 238 g/mol. The van der Waals surface area contributed by atoms with Crippen molar-refractivity contribution in [3.05, 3.63) is 0 Å². The standard InChI is InChI=1S/C11H25N3O2S/c1-11(14-7-3-4-8-14)10-13-17(15,16)9-5-2-6-12/h11,13H,2-10,12H2,1H3. The van der Waals surface area contributed by atoms with Crippen LogP contribution in [0.15, 0.2) is 0 Å². The molecule has 0 aromatic heterocycles. The molecule has 0 aromatic carbocycles. The molecule has 1 atom stereocenters. The van der Waals surface area contributed by atoms with E-state index in [1.165, 1.54) is 12.8 Å². The van der Waals surface area contributed by atoms with Gasteiger partial charge in [-0.2, -0.15) is 0 Å². The van der Waals surface area contributed by atoms with Crippen LogP contribution in [0.5, 0.6) is 0 Å². The molecule has 0 aliphatic carbocycles. The molecule has 5 nitrogen and oxygen atoms in total. The van der Waals surface area contributed by atoms with E-state index >= 15 is 0 Å². The lowest BCUT2D eigenvalue weighted by molar-refractivity contribution is 0.260.